The van der Waals surface area contributed by atoms with E-state index in [0.29, 0.717) is 6.04 Å². The first-order valence-electron chi connectivity index (χ1n) is 5.66. The van der Waals surface area contributed by atoms with E-state index in [4.69, 9.17) is 0 Å². The van der Waals surface area contributed by atoms with Gasteiger partial charge < -0.3 is 10.2 Å². The van der Waals surface area contributed by atoms with Crippen LogP contribution in [0.15, 0.2) is 12.1 Å². The lowest BCUT2D eigenvalue weighted by Gasteiger charge is -2.27. The minimum absolute atomic E-state index is 0.512. The first kappa shape index (κ1) is 10.3. The van der Waals surface area contributed by atoms with Gasteiger partial charge in [-0.3, -0.25) is 0 Å². The van der Waals surface area contributed by atoms with Gasteiger partial charge in [-0.15, -0.1) is 0 Å². The van der Waals surface area contributed by atoms with Crippen molar-refractivity contribution in [3.05, 3.63) is 17.8 Å². The molecule has 1 N–H and O–H groups in total. The van der Waals surface area contributed by atoms with E-state index < -0.39 is 0 Å². The number of nitrogens with one attached hydrogen (secondary N) is 1. The second kappa shape index (κ2) is 4.09. The maximum Gasteiger partial charge on any atom is 0.152 e. The van der Waals surface area contributed by atoms with Crippen LogP contribution in [0, 0.1) is 6.92 Å². The molecule has 0 saturated carbocycles. The zero-order valence-electron chi connectivity index (χ0n) is 9.75. The zero-order valence-corrected chi connectivity index (χ0v) is 9.75. The van der Waals surface area contributed by atoms with Gasteiger partial charge >= 0.3 is 0 Å². The normalized spacial score (nSPS) is 15.9. The van der Waals surface area contributed by atoms with Crippen molar-refractivity contribution in [3.63, 3.8) is 0 Å². The van der Waals surface area contributed by atoms with Gasteiger partial charge in [-0.1, -0.05) is 0 Å². The van der Waals surface area contributed by atoms with Gasteiger partial charge in [0.05, 0.1) is 5.69 Å². The molecule has 0 aliphatic carbocycles. The van der Waals surface area contributed by atoms with Crippen LogP contribution in [0.5, 0.6) is 0 Å². The average Bonchev–Trinajstić information content (AvgIpc) is 2.39. The maximum atomic E-state index is 4.64. The van der Waals surface area contributed by atoms with E-state index in [9.17, 15) is 0 Å². The van der Waals surface area contributed by atoms with Gasteiger partial charge in [0.25, 0.3) is 0 Å². The first-order valence-corrected chi connectivity index (χ1v) is 5.66. The van der Waals surface area contributed by atoms with Gasteiger partial charge in [0.2, 0.25) is 0 Å². The number of aromatic nitrogens is 1. The van der Waals surface area contributed by atoms with Crippen LogP contribution in [0.2, 0.25) is 0 Å². The van der Waals surface area contributed by atoms with E-state index in [2.05, 4.69) is 41.2 Å². The third-order valence-corrected chi connectivity index (χ3v) is 2.80. The lowest BCUT2D eigenvalue weighted by Crippen LogP contribution is -2.32. The Kier molecular flexibility index (Phi) is 2.80. The fourth-order valence-electron chi connectivity index (χ4n) is 1.98. The molecule has 0 saturated heterocycles. The van der Waals surface area contributed by atoms with Crippen molar-refractivity contribution in [2.24, 2.45) is 0 Å². The van der Waals surface area contributed by atoms with Gasteiger partial charge in [0.1, 0.15) is 0 Å². The van der Waals surface area contributed by atoms with Crippen LogP contribution in [0.4, 0.5) is 11.5 Å². The molecule has 2 heterocycles. The molecule has 1 aliphatic heterocycles. The van der Waals surface area contributed by atoms with Crippen LogP contribution in [0.25, 0.3) is 0 Å². The third-order valence-electron chi connectivity index (χ3n) is 2.80. The monoisotopic (exact) mass is 205 g/mol. The molecule has 0 unspecified atom stereocenters. The highest BCUT2D eigenvalue weighted by molar-refractivity contribution is 5.67. The summed E-state index contributed by atoms with van der Waals surface area (Å²) in [6, 6.07) is 4.71. The molecule has 0 fully saturated rings. The lowest BCUT2D eigenvalue weighted by molar-refractivity contribution is 0.664. The van der Waals surface area contributed by atoms with E-state index >= 15 is 0 Å². The van der Waals surface area contributed by atoms with E-state index in [0.717, 1.165) is 24.6 Å². The fraction of sp³-hybridized carbons (Fsp3) is 0.583. The molecule has 0 aromatic carbocycles. The summed E-state index contributed by atoms with van der Waals surface area (Å²) in [7, 11) is 0. The smallest absolute Gasteiger partial charge is 0.152 e. The topological polar surface area (TPSA) is 28.2 Å². The summed E-state index contributed by atoms with van der Waals surface area (Å²) in [5, 5.41) is 3.43. The average molecular weight is 205 g/mol. The second-order valence-corrected chi connectivity index (χ2v) is 4.39. The number of anilines is 2. The van der Waals surface area contributed by atoms with Gasteiger partial charge in [0, 0.05) is 24.8 Å². The molecule has 3 nitrogen and oxygen atoms in total. The van der Waals surface area contributed by atoms with Gasteiger partial charge in [-0.05, 0) is 39.3 Å². The Morgan fingerprint density at radius 2 is 2.20 bits per heavy atom. The Labute approximate surface area is 91.5 Å². The Morgan fingerprint density at radius 1 is 1.40 bits per heavy atom. The molecule has 0 atom stereocenters. The van der Waals surface area contributed by atoms with Crippen LogP contribution < -0.4 is 10.2 Å². The molecule has 1 aromatic heterocycles. The van der Waals surface area contributed by atoms with Crippen molar-refractivity contribution < 1.29 is 0 Å². The molecule has 15 heavy (non-hydrogen) atoms. The summed E-state index contributed by atoms with van der Waals surface area (Å²) in [5.41, 5.74) is 2.26. The number of fused-ring (bicyclic) bond motifs is 1. The number of nitrogens with zero attached hydrogens (tertiary/aromatic N) is 2. The van der Waals surface area contributed by atoms with Gasteiger partial charge in [-0.2, -0.15) is 0 Å². The molecule has 0 spiro atoms. The Morgan fingerprint density at radius 3 is 2.93 bits per heavy atom. The molecule has 2 rings (SSSR count). The minimum Gasteiger partial charge on any atom is -0.382 e. The maximum absolute atomic E-state index is 4.64. The van der Waals surface area contributed by atoms with Crippen LogP contribution in [0.1, 0.15) is 26.0 Å². The van der Waals surface area contributed by atoms with Crippen molar-refractivity contribution >= 4 is 11.5 Å². The minimum atomic E-state index is 0.512. The Bertz CT molecular complexity index is 347. The van der Waals surface area contributed by atoms with Crippen LogP contribution in [0.3, 0.4) is 0 Å². The van der Waals surface area contributed by atoms with E-state index in [1.54, 1.807) is 0 Å². The van der Waals surface area contributed by atoms with Crippen molar-refractivity contribution in [2.45, 2.75) is 33.2 Å². The van der Waals surface area contributed by atoms with Crippen LogP contribution in [-0.4, -0.2) is 24.1 Å². The Balaban J connectivity index is 2.42. The first-order chi connectivity index (χ1) is 7.18. The molecule has 0 bridgehead atoms. The van der Waals surface area contributed by atoms with Crippen molar-refractivity contribution in [1.82, 2.24) is 4.98 Å². The molecule has 82 valence electrons. The molecule has 1 aliphatic rings. The summed E-state index contributed by atoms with van der Waals surface area (Å²) < 4.78 is 0. The number of hydrogen-bond donors (Lipinski definition) is 1. The second-order valence-electron chi connectivity index (χ2n) is 4.39. The van der Waals surface area contributed by atoms with Crippen molar-refractivity contribution in [1.29, 1.82) is 0 Å². The largest absolute Gasteiger partial charge is 0.382 e. The highest BCUT2D eigenvalue weighted by Gasteiger charge is 2.18. The Hall–Kier alpha value is -1.25. The van der Waals surface area contributed by atoms with Crippen LogP contribution >= 0.6 is 0 Å². The third kappa shape index (κ3) is 2.06. The molecular formula is C12H19N3. The van der Waals surface area contributed by atoms with Crippen LogP contribution in [-0.2, 0) is 0 Å². The predicted molar refractivity (Wildman–Crippen MR) is 64.6 cm³/mol. The molecule has 1 aromatic rings. The number of rotatable bonds is 1. The predicted octanol–water partition coefficient (Wildman–Crippen LogP) is 2.42. The standard InChI is InChI=1S/C12H19N3/c1-9(2)15-8-4-7-13-11-6-5-10(3)14-12(11)15/h5-6,9,13H,4,7-8H2,1-3H3. The summed E-state index contributed by atoms with van der Waals surface area (Å²) >= 11 is 0. The van der Waals surface area contributed by atoms with Gasteiger partial charge in [0.15, 0.2) is 5.82 Å². The summed E-state index contributed by atoms with van der Waals surface area (Å²) in [6.07, 6.45) is 1.17. The van der Waals surface area contributed by atoms with Gasteiger partial charge in [-0.25, -0.2) is 4.98 Å². The molecule has 0 amide bonds. The SMILES string of the molecule is Cc1ccc2c(n1)N(C(C)C)CCCN2. The molecule has 3 heteroatoms. The number of aryl methyl sites for hydroxylation is 1. The lowest BCUT2D eigenvalue weighted by atomic mass is 10.2. The molecular weight excluding hydrogens is 186 g/mol. The number of pyridine rings is 1. The number of hydrogen-bond acceptors (Lipinski definition) is 3. The van der Waals surface area contributed by atoms with E-state index in [1.165, 1.54) is 12.1 Å². The quantitative estimate of drug-likeness (QED) is 0.763. The highest BCUT2D eigenvalue weighted by Crippen LogP contribution is 2.27. The van der Waals surface area contributed by atoms with E-state index in [1.807, 2.05) is 6.92 Å². The van der Waals surface area contributed by atoms with Crippen molar-refractivity contribution in [3.8, 4) is 0 Å². The van der Waals surface area contributed by atoms with E-state index in [-0.39, 0.29) is 0 Å². The van der Waals surface area contributed by atoms with Crippen molar-refractivity contribution in [2.75, 3.05) is 23.3 Å². The zero-order chi connectivity index (χ0) is 10.8. The molecule has 0 radical (unpaired) electrons. The summed E-state index contributed by atoms with van der Waals surface area (Å²) in [6.45, 7) is 8.62. The highest BCUT2D eigenvalue weighted by atomic mass is 15.2. The fourth-order valence-corrected chi connectivity index (χ4v) is 1.98. The summed E-state index contributed by atoms with van der Waals surface area (Å²) in [5.74, 6) is 1.11. The summed E-state index contributed by atoms with van der Waals surface area (Å²) in [4.78, 5) is 7.02.